The lowest BCUT2D eigenvalue weighted by atomic mass is 9.91. The molecule has 3 aliphatic rings. The average molecular weight is 594 g/mol. The number of fused-ring (bicyclic) bond motifs is 2. The van der Waals surface area contributed by atoms with Gasteiger partial charge in [0, 0.05) is 54.9 Å². The number of amides is 1. The number of ether oxygens (including phenoxy) is 1. The van der Waals surface area contributed by atoms with E-state index in [1.165, 1.54) is 47.4 Å². The largest absolute Gasteiger partial charge is 0.462 e. The number of hydrogen-bond acceptors (Lipinski definition) is 7. The van der Waals surface area contributed by atoms with Gasteiger partial charge in [-0.3, -0.25) is 9.69 Å². The number of likely N-dealkylation sites (N-methyl/N-ethyl adjacent to an activating group) is 1. The van der Waals surface area contributed by atoms with Crippen molar-refractivity contribution in [1.82, 2.24) is 19.8 Å². The monoisotopic (exact) mass is 593 g/mol. The molecule has 44 heavy (non-hydrogen) atoms. The van der Waals surface area contributed by atoms with Crippen molar-refractivity contribution < 1.29 is 9.53 Å². The van der Waals surface area contributed by atoms with Crippen LogP contribution in [0.4, 0.5) is 11.5 Å². The normalized spacial score (nSPS) is 19.3. The lowest BCUT2D eigenvalue weighted by Crippen LogP contribution is -2.56. The van der Waals surface area contributed by atoms with Crippen molar-refractivity contribution in [3.63, 3.8) is 0 Å². The predicted molar refractivity (Wildman–Crippen MR) is 175 cm³/mol. The third-order valence-corrected chi connectivity index (χ3v) is 9.80. The quantitative estimate of drug-likeness (QED) is 0.259. The molecular weight excluding hydrogens is 550 g/mol. The maximum Gasteiger partial charge on any atom is 0.318 e. The van der Waals surface area contributed by atoms with E-state index in [4.69, 9.17) is 21.3 Å². The summed E-state index contributed by atoms with van der Waals surface area (Å²) in [6.07, 6.45) is 5.93. The van der Waals surface area contributed by atoms with E-state index >= 15 is 0 Å². The fourth-order valence-electron chi connectivity index (χ4n) is 6.87. The van der Waals surface area contributed by atoms with Crippen molar-refractivity contribution in [2.45, 2.75) is 64.2 Å². The average Bonchev–Trinajstić information content (AvgIpc) is 3.01. The van der Waals surface area contributed by atoms with E-state index in [0.717, 1.165) is 30.0 Å². The molecule has 1 aromatic heterocycles. The zero-order chi connectivity index (χ0) is 30.8. The van der Waals surface area contributed by atoms with E-state index in [1.807, 2.05) is 0 Å². The van der Waals surface area contributed by atoms with Crippen molar-refractivity contribution in [2.75, 3.05) is 56.2 Å². The Balaban J connectivity index is 1.32. The van der Waals surface area contributed by atoms with E-state index in [-0.39, 0.29) is 24.5 Å². The number of rotatable bonds is 9. The maximum absolute atomic E-state index is 12.6. The van der Waals surface area contributed by atoms with Crippen LogP contribution in [-0.2, 0) is 17.8 Å². The first-order valence-corrected chi connectivity index (χ1v) is 15.9. The van der Waals surface area contributed by atoms with Crippen molar-refractivity contribution in [1.29, 1.82) is 0 Å². The van der Waals surface area contributed by atoms with Crippen molar-refractivity contribution >= 4 is 28.2 Å². The Morgan fingerprint density at radius 2 is 1.98 bits per heavy atom. The topological polar surface area (TPSA) is 69.4 Å². The summed E-state index contributed by atoms with van der Waals surface area (Å²) >= 11 is 0. The lowest BCUT2D eigenvalue weighted by Gasteiger charge is -2.41. The summed E-state index contributed by atoms with van der Waals surface area (Å²) in [6.45, 7) is 19.5. The van der Waals surface area contributed by atoms with Gasteiger partial charge in [0.15, 0.2) is 0 Å². The van der Waals surface area contributed by atoms with Gasteiger partial charge in [-0.2, -0.15) is 9.97 Å². The second kappa shape index (κ2) is 12.8. The smallest absolute Gasteiger partial charge is 0.318 e. The lowest BCUT2D eigenvalue weighted by molar-refractivity contribution is -0.128. The molecule has 1 amide bonds. The van der Waals surface area contributed by atoms with Gasteiger partial charge >= 0.3 is 6.01 Å². The number of aryl methyl sites for hydroxylation is 1. The zero-order valence-corrected chi connectivity index (χ0v) is 26.2. The number of carbonyl (C=O) groups excluding carboxylic acids is 1. The highest BCUT2D eigenvalue weighted by atomic mass is 16.5. The molecule has 1 saturated carbocycles. The molecule has 2 aliphatic heterocycles. The molecule has 1 saturated heterocycles. The van der Waals surface area contributed by atoms with Gasteiger partial charge < -0.3 is 24.3 Å². The molecule has 0 bridgehead atoms. The van der Waals surface area contributed by atoms with Gasteiger partial charge in [-0.15, -0.1) is 0 Å². The molecule has 9 nitrogen and oxygen atoms in total. The van der Waals surface area contributed by atoms with E-state index in [2.05, 4.69) is 83.4 Å². The molecule has 6 rings (SSSR count). The summed E-state index contributed by atoms with van der Waals surface area (Å²) in [6, 6.07) is 14.0. The fraction of sp³-hybridized carbons (Fsp3) is 0.486. The van der Waals surface area contributed by atoms with Crippen LogP contribution < -0.4 is 14.5 Å². The molecule has 3 aromatic rings. The first-order chi connectivity index (χ1) is 21.4. The number of nitrogens with zero attached hydrogens (tertiary/aromatic N) is 7. The van der Waals surface area contributed by atoms with Crippen molar-refractivity contribution in [3.05, 3.63) is 77.3 Å². The number of hydrogen-bond donors (Lipinski definition) is 0. The Kier molecular flexibility index (Phi) is 8.72. The van der Waals surface area contributed by atoms with E-state index < -0.39 is 0 Å². The molecule has 1 aliphatic carbocycles. The third-order valence-electron chi connectivity index (χ3n) is 9.80. The zero-order valence-electron chi connectivity index (χ0n) is 26.2. The first kappa shape index (κ1) is 29.9. The van der Waals surface area contributed by atoms with Crippen LogP contribution in [0.15, 0.2) is 49.1 Å². The van der Waals surface area contributed by atoms with Crippen LogP contribution in [0.25, 0.3) is 15.6 Å². The highest BCUT2D eigenvalue weighted by Gasteiger charge is 2.35. The number of piperazine rings is 1. The molecule has 2 atom stereocenters. The summed E-state index contributed by atoms with van der Waals surface area (Å²) in [5.74, 6) is 0.747. The van der Waals surface area contributed by atoms with Gasteiger partial charge in [0.1, 0.15) is 18.5 Å². The molecule has 1 unspecified atom stereocenters. The Morgan fingerprint density at radius 1 is 1.18 bits per heavy atom. The molecule has 2 aromatic carbocycles. The summed E-state index contributed by atoms with van der Waals surface area (Å²) in [4.78, 5) is 35.1. The van der Waals surface area contributed by atoms with Gasteiger partial charge in [0.05, 0.1) is 12.2 Å². The number of benzene rings is 2. The van der Waals surface area contributed by atoms with Gasteiger partial charge in [-0.25, -0.2) is 6.57 Å². The summed E-state index contributed by atoms with van der Waals surface area (Å²) in [5, 5.41) is 2.52. The second-order valence-corrected chi connectivity index (χ2v) is 12.5. The summed E-state index contributed by atoms with van der Waals surface area (Å²) in [7, 11) is 2.18. The van der Waals surface area contributed by atoms with Crippen LogP contribution >= 0.6 is 0 Å². The Bertz CT molecular complexity index is 1570. The van der Waals surface area contributed by atoms with Gasteiger partial charge in [0.25, 0.3) is 0 Å². The van der Waals surface area contributed by atoms with Gasteiger partial charge in [-0.05, 0) is 63.2 Å². The van der Waals surface area contributed by atoms with E-state index in [9.17, 15) is 4.79 Å². The van der Waals surface area contributed by atoms with Crippen LogP contribution in [0.3, 0.4) is 0 Å². The summed E-state index contributed by atoms with van der Waals surface area (Å²) in [5.41, 5.74) is 4.60. The maximum atomic E-state index is 12.6. The number of anilines is 2. The van der Waals surface area contributed by atoms with E-state index in [0.29, 0.717) is 44.8 Å². The molecular formula is C35H43N7O2. The van der Waals surface area contributed by atoms with Crippen molar-refractivity contribution in [3.8, 4) is 6.01 Å². The highest BCUT2D eigenvalue weighted by Crippen LogP contribution is 2.36. The fourth-order valence-corrected chi connectivity index (χ4v) is 6.87. The van der Waals surface area contributed by atoms with E-state index in [1.54, 1.807) is 4.90 Å². The molecule has 0 spiro atoms. The van der Waals surface area contributed by atoms with Crippen LogP contribution in [0, 0.1) is 13.5 Å². The van der Waals surface area contributed by atoms with Crippen LogP contribution in [0.2, 0.25) is 0 Å². The van der Waals surface area contributed by atoms with Crippen LogP contribution in [0.5, 0.6) is 6.01 Å². The minimum atomic E-state index is -0.225. The molecule has 2 fully saturated rings. The molecule has 9 heteroatoms. The van der Waals surface area contributed by atoms with Crippen LogP contribution in [0.1, 0.15) is 43.0 Å². The standard InChI is InChI=1S/C35H43N7O2/c1-6-32(43)42-19-18-41(21-28(42)20-36-4)34-29-16-17-40(31-15-8-12-26-11-7-10-24(2)33(26)31)22-30(29)37-35(38-34)44-23-25(3)39(5)27-13-9-14-27/h6-8,10-12,15,25,27-28H,1,9,13-14,16-23H2,2-3,5H3/t25-,28?/m1/s1. The number of carbonyl (C=O) groups is 1. The minimum Gasteiger partial charge on any atom is -0.462 e. The Hall–Kier alpha value is -4.16. The minimum absolute atomic E-state index is 0.127. The molecule has 0 N–H and O–H groups in total. The highest BCUT2D eigenvalue weighted by molar-refractivity contribution is 5.97. The molecule has 0 radical (unpaired) electrons. The van der Waals surface area contributed by atoms with Crippen molar-refractivity contribution in [2.24, 2.45) is 0 Å². The van der Waals surface area contributed by atoms with Gasteiger partial charge in [-0.1, -0.05) is 43.3 Å². The Morgan fingerprint density at radius 3 is 2.70 bits per heavy atom. The molecule has 230 valence electrons. The SMILES string of the molecule is [C-]#[N+]CC1CN(c2nc(OC[C@@H](C)N(C)C3CCC3)nc3c2CCN(c2cccc4cccc(C)c24)C3)CCN1C(=O)C=C. The number of aromatic nitrogens is 2. The van der Waals surface area contributed by atoms with Gasteiger partial charge in [0.2, 0.25) is 12.5 Å². The summed E-state index contributed by atoms with van der Waals surface area (Å²) < 4.78 is 6.35. The second-order valence-electron chi connectivity index (χ2n) is 12.5. The van der Waals surface area contributed by atoms with Crippen LogP contribution in [-0.4, -0.2) is 90.2 Å². The molecule has 3 heterocycles. The Labute approximate surface area is 260 Å². The first-order valence-electron chi connectivity index (χ1n) is 15.9. The third kappa shape index (κ3) is 5.83. The predicted octanol–water partition coefficient (Wildman–Crippen LogP) is 4.88.